The lowest BCUT2D eigenvalue weighted by Crippen LogP contribution is -2.10. The van der Waals surface area contributed by atoms with Gasteiger partial charge in [0, 0.05) is 10.7 Å². The first kappa shape index (κ1) is 11.1. The summed E-state index contributed by atoms with van der Waals surface area (Å²) in [5.41, 5.74) is 0.775. The van der Waals surface area contributed by atoms with Crippen LogP contribution >= 0.6 is 15.9 Å². The number of ether oxygens (including phenoxy) is 2. The highest BCUT2D eigenvalue weighted by Crippen LogP contribution is 2.07. The third kappa shape index (κ3) is 3.85. The number of methoxy groups -OCH3 is 1. The lowest BCUT2D eigenvalue weighted by molar-refractivity contribution is -0.146. The second-order valence-corrected chi connectivity index (χ2v) is 3.45. The van der Waals surface area contributed by atoms with E-state index in [9.17, 15) is 4.79 Å². The van der Waals surface area contributed by atoms with Gasteiger partial charge in [0.25, 0.3) is 0 Å². The number of carbonyl (C=O) groups is 1. The van der Waals surface area contributed by atoms with E-state index < -0.39 is 0 Å². The highest BCUT2D eigenvalue weighted by atomic mass is 79.9. The number of carbonyl (C=O) groups excluding carboxylic acids is 1. The Bertz CT molecular complexity index is 299. The summed E-state index contributed by atoms with van der Waals surface area (Å²) in [5.74, 6) is -0.387. The fourth-order valence-corrected chi connectivity index (χ4v) is 1.02. The number of halogens is 1. The van der Waals surface area contributed by atoms with Crippen LogP contribution in [-0.4, -0.2) is 24.7 Å². The van der Waals surface area contributed by atoms with Crippen LogP contribution in [0.5, 0.6) is 0 Å². The van der Waals surface area contributed by atoms with Crippen molar-refractivity contribution >= 4 is 21.9 Å². The van der Waals surface area contributed by atoms with Crippen LogP contribution in [0.4, 0.5) is 0 Å². The largest absolute Gasteiger partial charge is 0.467 e. The molecule has 0 bridgehead atoms. The molecular weight excluding hydrogens is 250 g/mol. The molecule has 1 aromatic heterocycles. The van der Waals surface area contributed by atoms with E-state index in [1.807, 2.05) is 12.1 Å². The Morgan fingerprint density at radius 2 is 2.36 bits per heavy atom. The van der Waals surface area contributed by atoms with Crippen LogP contribution in [0.3, 0.4) is 0 Å². The van der Waals surface area contributed by atoms with Gasteiger partial charge in [-0.15, -0.1) is 0 Å². The van der Waals surface area contributed by atoms with Crippen molar-refractivity contribution in [2.75, 3.05) is 13.7 Å². The normalized spacial score (nSPS) is 9.86. The molecule has 0 unspecified atom stereocenters. The molecule has 14 heavy (non-hydrogen) atoms. The topological polar surface area (TPSA) is 48.4 Å². The van der Waals surface area contributed by atoms with E-state index in [1.54, 1.807) is 6.20 Å². The Morgan fingerprint density at radius 3 is 2.93 bits per heavy atom. The maximum atomic E-state index is 10.7. The first-order chi connectivity index (χ1) is 6.72. The molecule has 5 heteroatoms. The molecule has 1 heterocycles. The fourth-order valence-electron chi connectivity index (χ4n) is 0.790. The third-order valence-electron chi connectivity index (χ3n) is 1.49. The van der Waals surface area contributed by atoms with Gasteiger partial charge in [-0.25, -0.2) is 4.79 Å². The number of hydrogen-bond donors (Lipinski definition) is 0. The van der Waals surface area contributed by atoms with Gasteiger partial charge >= 0.3 is 5.97 Å². The molecule has 0 N–H and O–H groups in total. The molecule has 0 atom stereocenters. The zero-order valence-corrected chi connectivity index (χ0v) is 9.28. The Morgan fingerprint density at radius 1 is 1.57 bits per heavy atom. The fraction of sp³-hybridized carbons (Fsp3) is 0.333. The SMILES string of the molecule is COC(=O)COCc1ccc(Br)cn1. The van der Waals surface area contributed by atoms with Crippen molar-refractivity contribution in [2.45, 2.75) is 6.61 Å². The van der Waals surface area contributed by atoms with Gasteiger partial charge in [-0.3, -0.25) is 4.98 Å². The Labute approximate surface area is 90.4 Å². The Hall–Kier alpha value is -0.940. The minimum atomic E-state index is -0.387. The van der Waals surface area contributed by atoms with Crippen molar-refractivity contribution in [3.63, 3.8) is 0 Å². The zero-order chi connectivity index (χ0) is 10.4. The molecule has 0 spiro atoms. The predicted molar refractivity (Wildman–Crippen MR) is 53.6 cm³/mol. The maximum Gasteiger partial charge on any atom is 0.331 e. The minimum Gasteiger partial charge on any atom is -0.467 e. The summed E-state index contributed by atoms with van der Waals surface area (Å²) in [6, 6.07) is 3.69. The molecule has 0 amide bonds. The van der Waals surface area contributed by atoms with Gasteiger partial charge in [0.05, 0.1) is 19.4 Å². The van der Waals surface area contributed by atoms with Crippen molar-refractivity contribution in [2.24, 2.45) is 0 Å². The summed E-state index contributed by atoms with van der Waals surface area (Å²) in [5, 5.41) is 0. The van der Waals surface area contributed by atoms with Crippen molar-refractivity contribution in [3.8, 4) is 0 Å². The van der Waals surface area contributed by atoms with Crippen LogP contribution in [-0.2, 0) is 20.9 Å². The van der Waals surface area contributed by atoms with Crippen LogP contribution in [0.2, 0.25) is 0 Å². The van der Waals surface area contributed by atoms with Crippen LogP contribution in [0.1, 0.15) is 5.69 Å². The second kappa shape index (κ2) is 5.72. The number of pyridine rings is 1. The smallest absolute Gasteiger partial charge is 0.331 e. The molecule has 1 aromatic rings. The van der Waals surface area contributed by atoms with Crippen molar-refractivity contribution in [1.29, 1.82) is 0 Å². The van der Waals surface area contributed by atoms with E-state index in [4.69, 9.17) is 4.74 Å². The molecule has 1 rings (SSSR count). The summed E-state index contributed by atoms with van der Waals surface area (Å²) in [6.45, 7) is 0.261. The van der Waals surface area contributed by atoms with E-state index in [0.29, 0.717) is 6.61 Å². The maximum absolute atomic E-state index is 10.7. The number of aromatic nitrogens is 1. The molecule has 0 saturated heterocycles. The molecule has 76 valence electrons. The van der Waals surface area contributed by atoms with E-state index in [-0.39, 0.29) is 12.6 Å². The third-order valence-corrected chi connectivity index (χ3v) is 1.96. The predicted octanol–water partition coefficient (Wildman–Crippen LogP) is 1.53. The number of nitrogens with zero attached hydrogens (tertiary/aromatic N) is 1. The summed E-state index contributed by atoms with van der Waals surface area (Å²) < 4.78 is 10.4. The molecule has 0 aliphatic rings. The van der Waals surface area contributed by atoms with Gasteiger partial charge in [0.2, 0.25) is 0 Å². The van der Waals surface area contributed by atoms with Crippen molar-refractivity contribution in [1.82, 2.24) is 4.98 Å². The highest BCUT2D eigenvalue weighted by molar-refractivity contribution is 9.10. The van der Waals surface area contributed by atoms with Crippen molar-refractivity contribution < 1.29 is 14.3 Å². The number of rotatable bonds is 4. The molecule has 0 aromatic carbocycles. The molecule has 0 fully saturated rings. The van der Waals surface area contributed by atoms with Gasteiger partial charge in [-0.1, -0.05) is 0 Å². The molecule has 0 saturated carbocycles. The quantitative estimate of drug-likeness (QED) is 0.770. The zero-order valence-electron chi connectivity index (χ0n) is 7.70. The summed E-state index contributed by atoms with van der Waals surface area (Å²) >= 11 is 3.27. The van der Waals surface area contributed by atoms with E-state index in [0.717, 1.165) is 10.2 Å². The van der Waals surface area contributed by atoms with Crippen molar-refractivity contribution in [3.05, 3.63) is 28.5 Å². The Kier molecular flexibility index (Phi) is 4.55. The van der Waals surface area contributed by atoms with E-state index >= 15 is 0 Å². The van der Waals surface area contributed by atoms with Crippen LogP contribution < -0.4 is 0 Å². The monoisotopic (exact) mass is 259 g/mol. The highest BCUT2D eigenvalue weighted by Gasteiger charge is 2.00. The number of hydrogen-bond acceptors (Lipinski definition) is 4. The average molecular weight is 260 g/mol. The molecule has 0 radical (unpaired) electrons. The van der Waals surface area contributed by atoms with E-state index in [2.05, 4.69) is 25.7 Å². The van der Waals surface area contributed by atoms with Gasteiger partial charge in [-0.05, 0) is 28.1 Å². The minimum absolute atomic E-state index is 0.0474. The Balaban J connectivity index is 2.31. The summed E-state index contributed by atoms with van der Waals surface area (Å²) in [7, 11) is 1.32. The molecule has 0 aliphatic heterocycles. The first-order valence-electron chi connectivity index (χ1n) is 3.97. The van der Waals surface area contributed by atoms with Gasteiger partial charge < -0.3 is 9.47 Å². The van der Waals surface area contributed by atoms with Crippen LogP contribution in [0.25, 0.3) is 0 Å². The molecular formula is C9H10BrNO3. The standard InChI is InChI=1S/C9H10BrNO3/c1-13-9(12)6-14-5-8-3-2-7(10)4-11-8/h2-4H,5-6H2,1H3. The summed E-state index contributed by atoms with van der Waals surface area (Å²) in [6.07, 6.45) is 1.68. The first-order valence-corrected chi connectivity index (χ1v) is 4.76. The van der Waals surface area contributed by atoms with Gasteiger partial charge in [0.15, 0.2) is 0 Å². The van der Waals surface area contributed by atoms with Crippen LogP contribution in [0, 0.1) is 0 Å². The van der Waals surface area contributed by atoms with Gasteiger partial charge in [-0.2, -0.15) is 0 Å². The van der Waals surface area contributed by atoms with Crippen LogP contribution in [0.15, 0.2) is 22.8 Å². The van der Waals surface area contributed by atoms with E-state index in [1.165, 1.54) is 7.11 Å². The lowest BCUT2D eigenvalue weighted by atomic mass is 10.4. The van der Waals surface area contributed by atoms with Gasteiger partial charge in [0.1, 0.15) is 6.61 Å². The average Bonchev–Trinajstić information content (AvgIpc) is 2.21. The second-order valence-electron chi connectivity index (χ2n) is 2.54. The number of esters is 1. The lowest BCUT2D eigenvalue weighted by Gasteiger charge is -2.02. The molecule has 0 aliphatic carbocycles. The molecule has 4 nitrogen and oxygen atoms in total. The summed E-state index contributed by atoms with van der Waals surface area (Å²) in [4.78, 5) is 14.8.